The molecule has 2 saturated carbocycles. The lowest BCUT2D eigenvalue weighted by atomic mass is 9.70. The van der Waals surface area contributed by atoms with Gasteiger partial charge in [-0.1, -0.05) is 38.7 Å². The van der Waals surface area contributed by atoms with Crippen molar-refractivity contribution in [3.63, 3.8) is 0 Å². The number of carbonyl (C=O) groups is 1. The summed E-state index contributed by atoms with van der Waals surface area (Å²) in [6, 6.07) is 0. The molecule has 0 aromatic heterocycles. The average molecular weight is 220 g/mol. The maximum absolute atomic E-state index is 11.5. The van der Waals surface area contributed by atoms with Crippen LogP contribution in [0.5, 0.6) is 0 Å². The third-order valence-corrected chi connectivity index (χ3v) is 4.69. The van der Waals surface area contributed by atoms with E-state index >= 15 is 0 Å². The van der Waals surface area contributed by atoms with Crippen LogP contribution < -0.4 is 0 Å². The Morgan fingerprint density at radius 2 is 1.44 bits per heavy atom. The second-order valence-electron chi connectivity index (χ2n) is 5.62. The maximum Gasteiger partial charge on any atom is 0.158 e. The Kier molecular flexibility index (Phi) is 4.20. The molecule has 0 atom stereocenters. The number of carbonyl (C=O) groups excluding carboxylic acids is 1. The van der Waals surface area contributed by atoms with Crippen molar-refractivity contribution in [3.05, 3.63) is 12.7 Å². The molecule has 0 aliphatic heterocycles. The van der Waals surface area contributed by atoms with Crippen LogP contribution >= 0.6 is 0 Å². The summed E-state index contributed by atoms with van der Waals surface area (Å²) in [5.41, 5.74) is 0. The first-order chi connectivity index (χ1) is 7.81. The first-order valence-corrected chi connectivity index (χ1v) is 6.97. The zero-order chi connectivity index (χ0) is 11.4. The summed E-state index contributed by atoms with van der Waals surface area (Å²) in [6.45, 7) is 3.60. The second-order valence-corrected chi connectivity index (χ2v) is 5.62. The minimum Gasteiger partial charge on any atom is -0.295 e. The quantitative estimate of drug-likeness (QED) is 0.654. The maximum atomic E-state index is 11.5. The number of hydrogen-bond donors (Lipinski definition) is 0. The minimum absolute atomic E-state index is 0.280. The van der Waals surface area contributed by atoms with Gasteiger partial charge in [-0.2, -0.15) is 0 Å². The van der Waals surface area contributed by atoms with Gasteiger partial charge in [0, 0.05) is 5.92 Å². The van der Waals surface area contributed by atoms with E-state index in [1.807, 2.05) is 0 Å². The van der Waals surface area contributed by atoms with Crippen LogP contribution in [0.1, 0.15) is 57.8 Å². The number of rotatable bonds is 3. The Labute approximate surface area is 99.3 Å². The summed E-state index contributed by atoms with van der Waals surface area (Å²) in [5.74, 6) is 2.49. The summed E-state index contributed by atoms with van der Waals surface area (Å²) >= 11 is 0. The van der Waals surface area contributed by atoms with Crippen LogP contribution in [0.25, 0.3) is 0 Å². The zero-order valence-corrected chi connectivity index (χ0v) is 10.3. The van der Waals surface area contributed by atoms with Crippen molar-refractivity contribution in [2.75, 3.05) is 0 Å². The fourth-order valence-electron chi connectivity index (χ4n) is 3.65. The molecule has 16 heavy (non-hydrogen) atoms. The molecule has 2 fully saturated rings. The molecule has 0 aromatic rings. The van der Waals surface area contributed by atoms with E-state index in [4.69, 9.17) is 0 Å². The number of allylic oxidation sites excluding steroid dienone is 1. The van der Waals surface area contributed by atoms with E-state index in [2.05, 4.69) is 6.58 Å². The summed E-state index contributed by atoms with van der Waals surface area (Å²) in [7, 11) is 0. The van der Waals surface area contributed by atoms with Gasteiger partial charge >= 0.3 is 0 Å². The molecule has 0 radical (unpaired) electrons. The van der Waals surface area contributed by atoms with Gasteiger partial charge in [0.05, 0.1) is 0 Å². The van der Waals surface area contributed by atoms with Gasteiger partial charge in [-0.15, -0.1) is 0 Å². The van der Waals surface area contributed by atoms with Gasteiger partial charge in [0.25, 0.3) is 0 Å². The lowest BCUT2D eigenvalue weighted by Crippen LogP contribution is -2.26. The van der Waals surface area contributed by atoms with Crippen molar-refractivity contribution < 1.29 is 4.79 Å². The molecule has 0 amide bonds. The van der Waals surface area contributed by atoms with Crippen molar-refractivity contribution in [2.45, 2.75) is 57.8 Å². The molecular weight excluding hydrogens is 196 g/mol. The van der Waals surface area contributed by atoms with E-state index in [9.17, 15) is 4.79 Å². The van der Waals surface area contributed by atoms with Gasteiger partial charge in [0.15, 0.2) is 5.78 Å². The van der Waals surface area contributed by atoms with Crippen LogP contribution in [0, 0.1) is 17.8 Å². The lowest BCUT2D eigenvalue weighted by molar-refractivity contribution is -0.119. The van der Waals surface area contributed by atoms with Crippen molar-refractivity contribution in [1.29, 1.82) is 0 Å². The predicted molar refractivity (Wildman–Crippen MR) is 67.2 cm³/mol. The molecule has 0 unspecified atom stereocenters. The average Bonchev–Trinajstić information content (AvgIpc) is 2.39. The van der Waals surface area contributed by atoms with Crippen LogP contribution in [0.15, 0.2) is 12.7 Å². The first-order valence-electron chi connectivity index (χ1n) is 6.97. The lowest BCUT2D eigenvalue weighted by Gasteiger charge is -2.35. The van der Waals surface area contributed by atoms with Gasteiger partial charge in [0.1, 0.15) is 0 Å². The van der Waals surface area contributed by atoms with Gasteiger partial charge in [-0.25, -0.2) is 0 Å². The molecule has 0 N–H and O–H groups in total. The van der Waals surface area contributed by atoms with Gasteiger partial charge in [-0.05, 0) is 43.6 Å². The Hall–Kier alpha value is -0.590. The third kappa shape index (κ3) is 2.75. The van der Waals surface area contributed by atoms with Crippen LogP contribution in [0.2, 0.25) is 0 Å². The van der Waals surface area contributed by atoms with E-state index in [0.717, 1.165) is 24.7 Å². The molecule has 0 spiro atoms. The van der Waals surface area contributed by atoms with Crippen molar-refractivity contribution in [3.8, 4) is 0 Å². The van der Waals surface area contributed by atoms with Crippen molar-refractivity contribution in [1.82, 2.24) is 0 Å². The fraction of sp³-hybridized carbons (Fsp3) is 0.800. The van der Waals surface area contributed by atoms with E-state index < -0.39 is 0 Å². The van der Waals surface area contributed by atoms with Crippen LogP contribution in [-0.4, -0.2) is 5.78 Å². The molecule has 0 heterocycles. The zero-order valence-electron chi connectivity index (χ0n) is 10.3. The van der Waals surface area contributed by atoms with E-state index in [1.165, 1.54) is 51.0 Å². The second kappa shape index (κ2) is 5.65. The van der Waals surface area contributed by atoms with E-state index in [1.54, 1.807) is 0 Å². The predicted octanol–water partition coefficient (Wildman–Crippen LogP) is 4.13. The molecule has 2 aliphatic carbocycles. The normalized spacial score (nSPS) is 32.2. The Morgan fingerprint density at radius 1 is 0.875 bits per heavy atom. The summed E-state index contributed by atoms with van der Waals surface area (Å²) in [5, 5.41) is 0. The number of hydrogen-bond acceptors (Lipinski definition) is 1. The van der Waals surface area contributed by atoms with Crippen molar-refractivity contribution in [2.24, 2.45) is 17.8 Å². The smallest absolute Gasteiger partial charge is 0.158 e. The van der Waals surface area contributed by atoms with Crippen LogP contribution in [-0.2, 0) is 4.79 Å². The van der Waals surface area contributed by atoms with Crippen molar-refractivity contribution >= 4 is 5.78 Å². The fourth-order valence-corrected chi connectivity index (χ4v) is 3.65. The largest absolute Gasteiger partial charge is 0.295 e. The molecule has 0 saturated heterocycles. The molecule has 1 nitrogen and oxygen atoms in total. The molecule has 0 bridgehead atoms. The van der Waals surface area contributed by atoms with Gasteiger partial charge < -0.3 is 0 Å². The Bertz CT molecular complexity index is 242. The van der Waals surface area contributed by atoms with E-state index in [0.29, 0.717) is 5.92 Å². The van der Waals surface area contributed by atoms with E-state index in [-0.39, 0.29) is 5.78 Å². The highest BCUT2D eigenvalue weighted by Gasteiger charge is 2.30. The van der Waals surface area contributed by atoms with Gasteiger partial charge in [0.2, 0.25) is 0 Å². The molecular formula is C15H24O. The first kappa shape index (κ1) is 11.9. The molecule has 1 heteroatoms. The standard InChI is InChI=1S/C15H24O/c1-2-15(16)14-10-8-13(9-11-14)12-6-4-3-5-7-12/h2,12-14H,1,3-11H2. The topological polar surface area (TPSA) is 17.1 Å². The Balaban J connectivity index is 1.80. The molecule has 90 valence electrons. The van der Waals surface area contributed by atoms with Gasteiger partial charge in [-0.3, -0.25) is 4.79 Å². The molecule has 2 aliphatic rings. The third-order valence-electron chi connectivity index (χ3n) is 4.69. The number of ketones is 1. The monoisotopic (exact) mass is 220 g/mol. The highest BCUT2D eigenvalue weighted by atomic mass is 16.1. The summed E-state index contributed by atoms with van der Waals surface area (Å²) in [6.07, 6.45) is 13.6. The Morgan fingerprint density at radius 3 is 2.00 bits per heavy atom. The van der Waals surface area contributed by atoms with Crippen LogP contribution in [0.3, 0.4) is 0 Å². The molecule has 0 aromatic carbocycles. The highest BCUT2D eigenvalue weighted by Crippen LogP contribution is 2.40. The SMILES string of the molecule is C=CC(=O)C1CCC(C2CCCCC2)CC1. The molecule has 2 rings (SSSR count). The summed E-state index contributed by atoms with van der Waals surface area (Å²) in [4.78, 5) is 11.5. The summed E-state index contributed by atoms with van der Waals surface area (Å²) < 4.78 is 0. The van der Waals surface area contributed by atoms with Crippen LogP contribution in [0.4, 0.5) is 0 Å². The minimum atomic E-state index is 0.280. The highest BCUT2D eigenvalue weighted by molar-refractivity contribution is 5.91.